The molecular weight excluding hydrogens is 322 g/mol. The van der Waals surface area contributed by atoms with Crippen molar-refractivity contribution in [2.45, 2.75) is 44.1 Å². The minimum Gasteiger partial charge on any atom is -0.307 e. The van der Waals surface area contributed by atoms with E-state index >= 15 is 0 Å². The van der Waals surface area contributed by atoms with Gasteiger partial charge in [0.15, 0.2) is 11.3 Å². The first-order chi connectivity index (χ1) is 11.8. The van der Waals surface area contributed by atoms with E-state index in [2.05, 4.69) is 16.1 Å². The highest BCUT2D eigenvalue weighted by Gasteiger charge is 2.40. The van der Waals surface area contributed by atoms with Crippen LogP contribution < -0.4 is 4.90 Å². The second-order valence-electron chi connectivity index (χ2n) is 6.97. The zero-order chi connectivity index (χ0) is 16.5. The lowest BCUT2D eigenvalue weighted by Gasteiger charge is -2.44. The number of hydrogen-bond acceptors (Lipinski definition) is 6. The van der Waals surface area contributed by atoms with E-state index in [4.69, 9.17) is 5.26 Å². The van der Waals surface area contributed by atoms with E-state index in [1.807, 2.05) is 11.1 Å². The van der Waals surface area contributed by atoms with E-state index in [1.54, 1.807) is 16.2 Å². The molecule has 0 spiro atoms. The van der Waals surface area contributed by atoms with Crippen LogP contribution in [0.3, 0.4) is 0 Å². The number of carbonyl (C=O) groups excluding carboxylic acids is 1. The summed E-state index contributed by atoms with van der Waals surface area (Å²) in [6.07, 6.45) is 10.6. The molecule has 3 heterocycles. The maximum Gasteiger partial charge on any atom is 0.248 e. The Balaban J connectivity index is 1.49. The Morgan fingerprint density at radius 1 is 1.17 bits per heavy atom. The molecule has 1 aromatic heterocycles. The maximum atomic E-state index is 12.9. The molecule has 1 amide bonds. The van der Waals surface area contributed by atoms with E-state index in [0.29, 0.717) is 19.0 Å². The normalized spacial score (nSPS) is 26.3. The minimum atomic E-state index is -0.200. The first-order valence-corrected chi connectivity index (χ1v) is 9.74. The van der Waals surface area contributed by atoms with Gasteiger partial charge in [0.1, 0.15) is 6.04 Å². The molecule has 7 heteroatoms. The maximum absolute atomic E-state index is 12.9. The molecule has 1 saturated carbocycles. The fourth-order valence-electron chi connectivity index (χ4n) is 4.10. The summed E-state index contributed by atoms with van der Waals surface area (Å²) in [6, 6.07) is -0.200. The lowest BCUT2D eigenvalue weighted by molar-refractivity contribution is -0.127. The van der Waals surface area contributed by atoms with Crippen LogP contribution in [-0.2, 0) is 4.79 Å². The predicted molar refractivity (Wildman–Crippen MR) is 92.8 cm³/mol. The molecular formula is C17H23N5OS. The third-order valence-electron chi connectivity index (χ3n) is 5.54. The smallest absolute Gasteiger partial charge is 0.248 e. The number of aromatic nitrogens is 1. The van der Waals surface area contributed by atoms with E-state index < -0.39 is 0 Å². The molecule has 128 valence electrons. The minimum absolute atomic E-state index is 0.103. The number of anilines is 1. The van der Waals surface area contributed by atoms with Gasteiger partial charge in [-0.25, -0.2) is 4.98 Å². The molecule has 6 nitrogen and oxygen atoms in total. The summed E-state index contributed by atoms with van der Waals surface area (Å²) in [7, 11) is 0. The Labute approximate surface area is 146 Å². The Morgan fingerprint density at radius 3 is 2.75 bits per heavy atom. The van der Waals surface area contributed by atoms with Crippen molar-refractivity contribution in [1.82, 2.24) is 14.8 Å². The summed E-state index contributed by atoms with van der Waals surface area (Å²) >= 11 is 1.69. The summed E-state index contributed by atoms with van der Waals surface area (Å²) in [6.45, 7) is 3.60. The van der Waals surface area contributed by atoms with Crippen LogP contribution in [0.5, 0.6) is 0 Å². The Kier molecular flexibility index (Phi) is 4.42. The third kappa shape index (κ3) is 2.89. The number of nitriles is 1. The summed E-state index contributed by atoms with van der Waals surface area (Å²) in [5, 5.41) is 9.96. The molecule has 0 N–H and O–H groups in total. The molecule has 1 unspecified atom stereocenters. The van der Waals surface area contributed by atoms with Gasteiger partial charge in [0.05, 0.1) is 6.54 Å². The van der Waals surface area contributed by atoms with Gasteiger partial charge in [0.2, 0.25) is 5.91 Å². The quantitative estimate of drug-likeness (QED) is 0.767. The average molecular weight is 345 g/mol. The molecule has 24 heavy (non-hydrogen) atoms. The van der Waals surface area contributed by atoms with Crippen molar-refractivity contribution in [3.05, 3.63) is 11.1 Å². The number of rotatable bonds is 2. The van der Waals surface area contributed by atoms with Gasteiger partial charge in [-0.2, -0.15) is 5.26 Å². The van der Waals surface area contributed by atoms with E-state index in [-0.39, 0.29) is 11.9 Å². The lowest BCUT2D eigenvalue weighted by atomic mass is 9.89. The van der Waals surface area contributed by atoms with Gasteiger partial charge in [0, 0.05) is 37.3 Å². The Morgan fingerprint density at radius 2 is 1.96 bits per heavy atom. The number of carbonyl (C=O) groups is 1. The fraction of sp³-hybridized carbons (Fsp3) is 0.706. The van der Waals surface area contributed by atoms with Crippen molar-refractivity contribution in [2.24, 2.45) is 0 Å². The van der Waals surface area contributed by atoms with Crippen molar-refractivity contribution in [3.63, 3.8) is 0 Å². The van der Waals surface area contributed by atoms with Crippen molar-refractivity contribution < 1.29 is 4.79 Å². The van der Waals surface area contributed by atoms with Gasteiger partial charge >= 0.3 is 0 Å². The number of amides is 1. The van der Waals surface area contributed by atoms with E-state index in [1.165, 1.54) is 37.0 Å². The third-order valence-corrected chi connectivity index (χ3v) is 6.73. The summed E-state index contributed by atoms with van der Waals surface area (Å²) in [4.78, 5) is 24.6. The molecule has 1 atom stereocenters. The molecule has 2 aliphatic heterocycles. The van der Waals surface area contributed by atoms with Crippen LogP contribution in [0, 0.1) is 11.5 Å². The molecule has 2 saturated heterocycles. The highest BCUT2D eigenvalue weighted by molar-refractivity contribution is 7.15. The van der Waals surface area contributed by atoms with Gasteiger partial charge in [0.25, 0.3) is 0 Å². The monoisotopic (exact) mass is 345 g/mol. The lowest BCUT2D eigenvalue weighted by Crippen LogP contribution is -2.64. The van der Waals surface area contributed by atoms with Crippen LogP contribution in [0.25, 0.3) is 0 Å². The number of thiazole rings is 1. The van der Waals surface area contributed by atoms with Crippen LogP contribution in [0.2, 0.25) is 0 Å². The van der Waals surface area contributed by atoms with Crippen molar-refractivity contribution in [2.75, 3.05) is 37.6 Å². The second kappa shape index (κ2) is 6.69. The zero-order valence-electron chi connectivity index (χ0n) is 13.9. The van der Waals surface area contributed by atoms with E-state index in [9.17, 15) is 4.79 Å². The first-order valence-electron chi connectivity index (χ1n) is 8.92. The molecule has 1 aromatic rings. The molecule has 0 bridgehead atoms. The molecule has 0 radical (unpaired) electrons. The SMILES string of the molecule is N#CN1CCN2CCN(c3ncc(C4CCCCC4)s3)C(=O)C2C1. The fourth-order valence-corrected chi connectivity index (χ4v) is 5.21. The molecule has 4 rings (SSSR count). The molecule has 1 aliphatic carbocycles. The highest BCUT2D eigenvalue weighted by atomic mass is 32.1. The second-order valence-corrected chi connectivity index (χ2v) is 8.01. The first kappa shape index (κ1) is 15.9. The molecule has 3 fully saturated rings. The summed E-state index contributed by atoms with van der Waals surface area (Å²) in [5.74, 6) is 0.732. The highest BCUT2D eigenvalue weighted by Crippen LogP contribution is 2.38. The van der Waals surface area contributed by atoms with Gasteiger partial charge < -0.3 is 4.90 Å². The molecule has 3 aliphatic rings. The summed E-state index contributed by atoms with van der Waals surface area (Å²) < 4.78 is 0. The van der Waals surface area contributed by atoms with Gasteiger partial charge in [-0.1, -0.05) is 19.3 Å². The van der Waals surface area contributed by atoms with Crippen LogP contribution in [0.1, 0.15) is 42.9 Å². The van der Waals surface area contributed by atoms with Crippen LogP contribution in [-0.4, -0.2) is 59.5 Å². The number of hydrogen-bond donors (Lipinski definition) is 0. The van der Waals surface area contributed by atoms with Crippen molar-refractivity contribution in [1.29, 1.82) is 5.26 Å². The Bertz CT molecular complexity index is 648. The van der Waals surface area contributed by atoms with Crippen molar-refractivity contribution in [3.8, 4) is 6.19 Å². The van der Waals surface area contributed by atoms with Gasteiger partial charge in [-0.3, -0.25) is 14.6 Å². The average Bonchev–Trinajstić information content (AvgIpc) is 3.12. The largest absolute Gasteiger partial charge is 0.307 e. The number of nitrogens with zero attached hydrogens (tertiary/aromatic N) is 5. The van der Waals surface area contributed by atoms with Crippen LogP contribution in [0.4, 0.5) is 5.13 Å². The standard InChI is InChI=1S/C17H23N5OS/c18-12-20-6-7-21-8-9-22(16(23)14(21)11-20)17-19-10-15(24-17)13-4-2-1-3-5-13/h10,13-14H,1-9,11H2. The predicted octanol–water partition coefficient (Wildman–Crippen LogP) is 2.00. The van der Waals surface area contributed by atoms with E-state index in [0.717, 1.165) is 24.8 Å². The van der Waals surface area contributed by atoms with Crippen LogP contribution >= 0.6 is 11.3 Å². The number of piperazine rings is 2. The topological polar surface area (TPSA) is 63.5 Å². The summed E-state index contributed by atoms with van der Waals surface area (Å²) in [5.41, 5.74) is 0. The molecule has 0 aromatic carbocycles. The van der Waals surface area contributed by atoms with Gasteiger partial charge in [-0.05, 0) is 18.8 Å². The Hall–Kier alpha value is -1.65. The van der Waals surface area contributed by atoms with Crippen LogP contribution in [0.15, 0.2) is 6.20 Å². The van der Waals surface area contributed by atoms with Crippen molar-refractivity contribution >= 4 is 22.4 Å². The van der Waals surface area contributed by atoms with Gasteiger partial charge in [-0.15, -0.1) is 11.3 Å². The number of fused-ring (bicyclic) bond motifs is 1. The zero-order valence-corrected chi connectivity index (χ0v) is 14.7.